The van der Waals surface area contributed by atoms with Crippen LogP contribution in [0.3, 0.4) is 0 Å². The number of halogens is 1. The molecule has 1 aromatic heterocycles. The number of carboxylic acid groups (broad SMARTS) is 1. The molecule has 25 heavy (non-hydrogen) atoms. The number of rotatable bonds is 5. The number of aromatic hydroxyl groups is 1. The summed E-state index contributed by atoms with van der Waals surface area (Å²) in [6, 6.07) is 10.7. The van der Waals surface area contributed by atoms with E-state index in [1.807, 2.05) is 24.3 Å². The lowest BCUT2D eigenvalue weighted by molar-refractivity contribution is -0.304. The van der Waals surface area contributed by atoms with Gasteiger partial charge in [-0.15, -0.1) is 11.3 Å². The highest BCUT2D eigenvalue weighted by Gasteiger charge is 2.12. The Kier molecular flexibility index (Phi) is 4.92. The molecule has 0 aliphatic heterocycles. The maximum absolute atomic E-state index is 11.2. The van der Waals surface area contributed by atoms with Crippen LogP contribution in [0.25, 0.3) is 21.9 Å². The molecule has 0 amide bonds. The quantitative estimate of drug-likeness (QED) is 0.740. The van der Waals surface area contributed by atoms with Gasteiger partial charge in [0.15, 0.2) is 11.5 Å². The van der Waals surface area contributed by atoms with Crippen molar-refractivity contribution in [2.75, 3.05) is 7.11 Å². The maximum Gasteiger partial charge on any atom is 0.176 e. The van der Waals surface area contributed by atoms with Crippen molar-refractivity contribution >= 4 is 50.8 Å². The molecular weight excluding hydrogens is 362 g/mol. The Morgan fingerprint density at radius 2 is 2.16 bits per heavy atom. The summed E-state index contributed by atoms with van der Waals surface area (Å²) in [6.07, 6.45) is 1.36. The van der Waals surface area contributed by atoms with Gasteiger partial charge in [0.05, 0.1) is 22.3 Å². The number of phenols is 1. The van der Waals surface area contributed by atoms with Crippen LogP contribution in [0.5, 0.6) is 11.5 Å². The molecule has 0 aliphatic carbocycles. The summed E-state index contributed by atoms with van der Waals surface area (Å²) in [5, 5.41) is 21.7. The third kappa shape index (κ3) is 3.75. The first-order chi connectivity index (χ1) is 12.0. The van der Waals surface area contributed by atoms with Gasteiger partial charge >= 0.3 is 0 Å². The van der Waals surface area contributed by atoms with Gasteiger partial charge in [-0.1, -0.05) is 23.7 Å². The molecule has 5 nitrogen and oxygen atoms in total. The van der Waals surface area contributed by atoms with Gasteiger partial charge in [-0.25, -0.2) is 4.98 Å². The fourth-order valence-electron chi connectivity index (χ4n) is 2.39. The first-order valence-electron chi connectivity index (χ1n) is 7.31. The molecule has 0 atom stereocenters. The monoisotopic (exact) mass is 374 g/mol. The molecule has 0 aliphatic rings. The summed E-state index contributed by atoms with van der Waals surface area (Å²) < 4.78 is 6.04. The molecule has 0 fully saturated rings. The van der Waals surface area contributed by atoms with Gasteiger partial charge < -0.3 is 19.7 Å². The minimum absolute atomic E-state index is 0.114. The Labute approximate surface area is 152 Å². The molecule has 0 bridgehead atoms. The number of aliphatic carboxylic acids is 1. The van der Waals surface area contributed by atoms with Crippen molar-refractivity contribution in [2.24, 2.45) is 0 Å². The van der Waals surface area contributed by atoms with Gasteiger partial charge in [0.1, 0.15) is 5.01 Å². The Balaban J connectivity index is 2.10. The predicted octanol–water partition coefficient (Wildman–Crippen LogP) is 3.34. The van der Waals surface area contributed by atoms with Crippen molar-refractivity contribution in [1.82, 2.24) is 4.98 Å². The molecular formula is C18H13ClNO4S-. The highest BCUT2D eigenvalue weighted by Crippen LogP contribution is 2.37. The molecule has 0 spiro atoms. The standard InChI is InChI=1S/C18H14ClNO4S/c1-24-14-8-10(7-12(19)17(14)23)6-11(9-16(21)22)18-20-13-4-2-3-5-15(13)25-18/h2-8,23H,9H2,1H3,(H,21,22)/p-1/b11-6+. The topological polar surface area (TPSA) is 82.5 Å². The molecule has 128 valence electrons. The number of hydrogen-bond donors (Lipinski definition) is 1. The van der Waals surface area contributed by atoms with Crippen LogP contribution in [-0.2, 0) is 4.79 Å². The van der Waals surface area contributed by atoms with Gasteiger partial charge in [-0.05, 0) is 41.5 Å². The number of para-hydroxylation sites is 1. The van der Waals surface area contributed by atoms with Crippen LogP contribution in [0.2, 0.25) is 5.02 Å². The number of thiazole rings is 1. The number of methoxy groups -OCH3 is 1. The number of carbonyl (C=O) groups is 1. The van der Waals surface area contributed by atoms with E-state index in [4.69, 9.17) is 16.3 Å². The number of carbonyl (C=O) groups excluding carboxylic acids is 1. The predicted molar refractivity (Wildman–Crippen MR) is 96.8 cm³/mol. The van der Waals surface area contributed by atoms with Crippen molar-refractivity contribution in [3.8, 4) is 11.5 Å². The molecule has 1 heterocycles. The van der Waals surface area contributed by atoms with Crippen LogP contribution in [0.1, 0.15) is 17.0 Å². The van der Waals surface area contributed by atoms with Crippen molar-refractivity contribution < 1.29 is 19.7 Å². The number of carboxylic acids is 1. The first kappa shape index (κ1) is 17.3. The Morgan fingerprint density at radius 3 is 2.84 bits per heavy atom. The first-order valence-corrected chi connectivity index (χ1v) is 8.50. The molecule has 0 saturated heterocycles. The minimum atomic E-state index is -1.21. The maximum atomic E-state index is 11.2. The summed E-state index contributed by atoms with van der Waals surface area (Å²) in [7, 11) is 1.41. The summed E-state index contributed by atoms with van der Waals surface area (Å²) in [5.74, 6) is -1.17. The normalized spacial score (nSPS) is 11.7. The lowest BCUT2D eigenvalue weighted by atomic mass is 10.1. The molecule has 3 aromatic rings. The van der Waals surface area contributed by atoms with Crippen molar-refractivity contribution in [3.05, 3.63) is 52.0 Å². The number of nitrogens with zero attached hydrogens (tertiary/aromatic N) is 1. The van der Waals surface area contributed by atoms with E-state index in [1.54, 1.807) is 12.1 Å². The second-order valence-electron chi connectivity index (χ2n) is 5.26. The van der Waals surface area contributed by atoms with Crippen LogP contribution in [0.4, 0.5) is 0 Å². The van der Waals surface area contributed by atoms with Gasteiger partial charge in [0.2, 0.25) is 0 Å². The van der Waals surface area contributed by atoms with Crippen LogP contribution in [0.15, 0.2) is 36.4 Å². The fraction of sp³-hybridized carbons (Fsp3) is 0.111. The third-order valence-corrected chi connectivity index (χ3v) is 4.92. The van der Waals surface area contributed by atoms with Gasteiger partial charge in [-0.2, -0.15) is 0 Å². The number of hydrogen-bond acceptors (Lipinski definition) is 6. The molecule has 0 radical (unpaired) electrons. The van der Waals surface area contributed by atoms with Crippen LogP contribution < -0.4 is 9.84 Å². The van der Waals surface area contributed by atoms with E-state index in [0.29, 0.717) is 16.1 Å². The van der Waals surface area contributed by atoms with Crippen molar-refractivity contribution in [1.29, 1.82) is 0 Å². The second kappa shape index (κ2) is 7.13. The molecule has 2 aromatic carbocycles. The molecule has 7 heteroatoms. The van der Waals surface area contributed by atoms with E-state index in [2.05, 4.69) is 4.98 Å². The van der Waals surface area contributed by atoms with Gasteiger partial charge in [0.25, 0.3) is 0 Å². The fourth-order valence-corrected chi connectivity index (χ4v) is 3.59. The number of benzene rings is 2. The zero-order valence-corrected chi connectivity index (χ0v) is 14.7. The van der Waals surface area contributed by atoms with E-state index >= 15 is 0 Å². The van der Waals surface area contributed by atoms with Gasteiger partial charge in [0, 0.05) is 12.4 Å². The largest absolute Gasteiger partial charge is 0.550 e. The lowest BCUT2D eigenvalue weighted by Gasteiger charge is -2.09. The minimum Gasteiger partial charge on any atom is -0.550 e. The summed E-state index contributed by atoms with van der Waals surface area (Å²) in [6.45, 7) is 0. The SMILES string of the molecule is COc1cc(/C=C(\CC(=O)[O-])c2nc3ccccc3s2)cc(Cl)c1O. The number of ether oxygens (including phenoxy) is 1. The van der Waals surface area contributed by atoms with Crippen LogP contribution in [0, 0.1) is 0 Å². The van der Waals surface area contributed by atoms with E-state index < -0.39 is 5.97 Å². The highest BCUT2D eigenvalue weighted by atomic mass is 35.5. The smallest absolute Gasteiger partial charge is 0.176 e. The Bertz CT molecular complexity index is 947. The lowest BCUT2D eigenvalue weighted by Crippen LogP contribution is -2.22. The number of phenolic OH excluding ortho intramolecular Hbond substituents is 1. The third-order valence-electron chi connectivity index (χ3n) is 3.51. The zero-order chi connectivity index (χ0) is 18.0. The summed E-state index contributed by atoms with van der Waals surface area (Å²) >= 11 is 7.40. The van der Waals surface area contributed by atoms with Crippen LogP contribution >= 0.6 is 22.9 Å². The average Bonchev–Trinajstić information content (AvgIpc) is 3.01. The van der Waals surface area contributed by atoms with Crippen LogP contribution in [-0.4, -0.2) is 23.2 Å². The number of fused-ring (bicyclic) bond motifs is 1. The molecule has 0 unspecified atom stereocenters. The Hall–Kier alpha value is -2.57. The van der Waals surface area contributed by atoms with E-state index in [0.717, 1.165) is 10.2 Å². The van der Waals surface area contributed by atoms with Gasteiger partial charge in [-0.3, -0.25) is 0 Å². The van der Waals surface area contributed by atoms with Crippen molar-refractivity contribution in [3.63, 3.8) is 0 Å². The zero-order valence-electron chi connectivity index (χ0n) is 13.2. The van der Waals surface area contributed by atoms with Crippen molar-refractivity contribution in [2.45, 2.75) is 6.42 Å². The summed E-state index contributed by atoms with van der Waals surface area (Å²) in [5.41, 5.74) is 1.88. The second-order valence-corrected chi connectivity index (χ2v) is 6.70. The summed E-state index contributed by atoms with van der Waals surface area (Å²) in [4.78, 5) is 15.7. The van der Waals surface area contributed by atoms with E-state index in [1.165, 1.54) is 24.5 Å². The highest BCUT2D eigenvalue weighted by molar-refractivity contribution is 7.19. The molecule has 3 rings (SSSR count). The Morgan fingerprint density at radius 1 is 1.40 bits per heavy atom. The molecule has 0 saturated carbocycles. The van der Waals surface area contributed by atoms with E-state index in [-0.39, 0.29) is 22.9 Å². The molecule has 1 N–H and O–H groups in total. The average molecular weight is 375 g/mol. The van der Waals surface area contributed by atoms with E-state index in [9.17, 15) is 15.0 Å². The number of aromatic nitrogens is 1.